The summed E-state index contributed by atoms with van der Waals surface area (Å²) in [5.41, 5.74) is 4.50. The van der Waals surface area contributed by atoms with Crippen molar-refractivity contribution in [2.75, 3.05) is 0 Å². The highest BCUT2D eigenvalue weighted by atomic mass is 14.8. The van der Waals surface area contributed by atoms with Gasteiger partial charge in [-0.2, -0.15) is 0 Å². The Labute approximate surface area is 74.6 Å². The number of hydrogen-bond donors (Lipinski definition) is 0. The van der Waals surface area contributed by atoms with Crippen LogP contribution in [-0.2, 0) is 0 Å². The van der Waals surface area contributed by atoms with Crippen LogP contribution in [0.25, 0.3) is 0 Å². The molecular weight excluding hydrogens is 146 g/mol. The zero-order chi connectivity index (χ0) is 8.55. The van der Waals surface area contributed by atoms with E-state index in [4.69, 9.17) is 4.99 Å². The standard InChI is InChI=1S/C11H17N/c1-8(2)11-7-9-5-3-4-6-10(9)12-11/h8H,3-7H2,1-2H3. The molecule has 0 radical (unpaired) electrons. The molecule has 0 saturated heterocycles. The summed E-state index contributed by atoms with van der Waals surface area (Å²) in [5, 5.41) is 0. The molecule has 0 aromatic rings. The Morgan fingerprint density at radius 1 is 1.17 bits per heavy atom. The minimum atomic E-state index is 0.649. The maximum Gasteiger partial charge on any atom is 0.0399 e. The molecule has 0 amide bonds. The molecule has 1 aliphatic heterocycles. The lowest BCUT2D eigenvalue weighted by atomic mass is 9.93. The van der Waals surface area contributed by atoms with Gasteiger partial charge in [0.25, 0.3) is 0 Å². The van der Waals surface area contributed by atoms with E-state index >= 15 is 0 Å². The van der Waals surface area contributed by atoms with Crippen LogP contribution in [0.4, 0.5) is 0 Å². The molecule has 0 fully saturated rings. The Morgan fingerprint density at radius 2 is 1.92 bits per heavy atom. The number of allylic oxidation sites excluding steroid dienone is 2. The second-order valence-electron chi connectivity index (χ2n) is 4.19. The van der Waals surface area contributed by atoms with Gasteiger partial charge in [0.05, 0.1) is 0 Å². The van der Waals surface area contributed by atoms with E-state index in [9.17, 15) is 0 Å². The molecule has 0 bridgehead atoms. The van der Waals surface area contributed by atoms with E-state index in [1.165, 1.54) is 43.5 Å². The lowest BCUT2D eigenvalue weighted by Gasteiger charge is -2.11. The molecule has 2 rings (SSSR count). The zero-order valence-corrected chi connectivity index (χ0v) is 8.06. The molecule has 1 heteroatoms. The summed E-state index contributed by atoms with van der Waals surface area (Å²) in [6.45, 7) is 4.49. The average molecular weight is 163 g/mol. The molecule has 0 aromatic heterocycles. The average Bonchev–Trinajstić information content (AvgIpc) is 2.46. The summed E-state index contributed by atoms with van der Waals surface area (Å²) in [5.74, 6) is 0.649. The predicted octanol–water partition coefficient (Wildman–Crippen LogP) is 3.32. The third-order valence-corrected chi connectivity index (χ3v) is 2.89. The Hall–Kier alpha value is -0.590. The van der Waals surface area contributed by atoms with Crippen molar-refractivity contribution in [3.63, 3.8) is 0 Å². The second kappa shape index (κ2) is 3.04. The van der Waals surface area contributed by atoms with Gasteiger partial charge in [-0.05, 0) is 37.2 Å². The SMILES string of the molecule is CC(C)C1=NC2=C(CCCC2)C1. The number of hydrogen-bond acceptors (Lipinski definition) is 1. The number of rotatable bonds is 1. The smallest absolute Gasteiger partial charge is 0.0399 e. The summed E-state index contributed by atoms with van der Waals surface area (Å²) < 4.78 is 0. The fourth-order valence-corrected chi connectivity index (χ4v) is 2.04. The van der Waals surface area contributed by atoms with Crippen LogP contribution in [0.2, 0.25) is 0 Å². The van der Waals surface area contributed by atoms with Crippen molar-refractivity contribution in [3.05, 3.63) is 11.3 Å². The van der Waals surface area contributed by atoms with E-state index in [1.54, 1.807) is 5.57 Å². The van der Waals surface area contributed by atoms with Crippen molar-refractivity contribution in [3.8, 4) is 0 Å². The Kier molecular flexibility index (Phi) is 2.03. The van der Waals surface area contributed by atoms with Gasteiger partial charge >= 0.3 is 0 Å². The van der Waals surface area contributed by atoms with Crippen LogP contribution in [0.5, 0.6) is 0 Å². The van der Waals surface area contributed by atoms with Gasteiger partial charge in [0.15, 0.2) is 0 Å². The van der Waals surface area contributed by atoms with Gasteiger partial charge in [0.2, 0.25) is 0 Å². The molecule has 0 spiro atoms. The first-order chi connectivity index (χ1) is 5.77. The molecule has 0 aromatic carbocycles. The first-order valence-corrected chi connectivity index (χ1v) is 5.05. The second-order valence-corrected chi connectivity index (χ2v) is 4.19. The maximum absolute atomic E-state index is 4.71. The predicted molar refractivity (Wildman–Crippen MR) is 52.4 cm³/mol. The monoisotopic (exact) mass is 163 g/mol. The van der Waals surface area contributed by atoms with Crippen LogP contribution < -0.4 is 0 Å². The van der Waals surface area contributed by atoms with Gasteiger partial charge in [-0.1, -0.05) is 13.8 Å². The lowest BCUT2D eigenvalue weighted by Crippen LogP contribution is -2.04. The van der Waals surface area contributed by atoms with Crippen molar-refractivity contribution in [1.29, 1.82) is 0 Å². The molecule has 2 aliphatic rings. The minimum absolute atomic E-state index is 0.649. The highest BCUT2D eigenvalue weighted by Gasteiger charge is 2.21. The van der Waals surface area contributed by atoms with Gasteiger partial charge in [-0.15, -0.1) is 0 Å². The largest absolute Gasteiger partial charge is 0.262 e. The van der Waals surface area contributed by atoms with Gasteiger partial charge in [0.1, 0.15) is 0 Å². The lowest BCUT2D eigenvalue weighted by molar-refractivity contribution is 0.670. The summed E-state index contributed by atoms with van der Waals surface area (Å²) >= 11 is 0. The number of nitrogens with zero attached hydrogens (tertiary/aromatic N) is 1. The van der Waals surface area contributed by atoms with Gasteiger partial charge in [0, 0.05) is 17.8 Å². The number of aliphatic imine (C=N–C) groups is 1. The first-order valence-electron chi connectivity index (χ1n) is 5.05. The van der Waals surface area contributed by atoms with E-state index in [0.29, 0.717) is 5.92 Å². The van der Waals surface area contributed by atoms with Gasteiger partial charge < -0.3 is 0 Å². The zero-order valence-electron chi connectivity index (χ0n) is 8.06. The molecule has 12 heavy (non-hydrogen) atoms. The summed E-state index contributed by atoms with van der Waals surface area (Å²) in [4.78, 5) is 4.71. The van der Waals surface area contributed by atoms with Gasteiger partial charge in [-0.3, -0.25) is 4.99 Å². The molecule has 0 N–H and O–H groups in total. The summed E-state index contributed by atoms with van der Waals surface area (Å²) in [6, 6.07) is 0. The van der Waals surface area contributed by atoms with E-state index < -0.39 is 0 Å². The van der Waals surface area contributed by atoms with Crippen LogP contribution in [0, 0.1) is 5.92 Å². The van der Waals surface area contributed by atoms with Crippen LogP contribution in [0.3, 0.4) is 0 Å². The molecule has 1 nitrogen and oxygen atoms in total. The summed E-state index contributed by atoms with van der Waals surface area (Å²) in [6.07, 6.45) is 6.49. The van der Waals surface area contributed by atoms with Crippen molar-refractivity contribution in [1.82, 2.24) is 0 Å². The van der Waals surface area contributed by atoms with Crippen molar-refractivity contribution >= 4 is 5.71 Å². The molecular formula is C11H17N. The van der Waals surface area contributed by atoms with E-state index in [-0.39, 0.29) is 0 Å². The van der Waals surface area contributed by atoms with Crippen molar-refractivity contribution in [2.45, 2.75) is 46.0 Å². The van der Waals surface area contributed by atoms with Gasteiger partial charge in [-0.25, -0.2) is 0 Å². The van der Waals surface area contributed by atoms with E-state index in [1.807, 2.05) is 0 Å². The quantitative estimate of drug-likeness (QED) is 0.562. The topological polar surface area (TPSA) is 12.4 Å². The minimum Gasteiger partial charge on any atom is -0.262 e. The van der Waals surface area contributed by atoms with Crippen LogP contribution in [0.1, 0.15) is 46.0 Å². The summed E-state index contributed by atoms with van der Waals surface area (Å²) in [7, 11) is 0. The van der Waals surface area contributed by atoms with Crippen molar-refractivity contribution in [2.24, 2.45) is 10.9 Å². The Bertz CT molecular complexity index is 246. The van der Waals surface area contributed by atoms with Crippen molar-refractivity contribution < 1.29 is 0 Å². The highest BCUT2D eigenvalue weighted by molar-refractivity contribution is 5.91. The van der Waals surface area contributed by atoms with Crippen LogP contribution in [0.15, 0.2) is 16.3 Å². The third-order valence-electron chi connectivity index (χ3n) is 2.89. The fourth-order valence-electron chi connectivity index (χ4n) is 2.04. The Morgan fingerprint density at radius 3 is 2.58 bits per heavy atom. The van der Waals surface area contributed by atoms with Crippen LogP contribution in [-0.4, -0.2) is 5.71 Å². The molecule has 0 unspecified atom stereocenters. The molecule has 1 aliphatic carbocycles. The molecule has 0 atom stereocenters. The molecule has 0 saturated carbocycles. The molecule has 1 heterocycles. The normalized spacial score (nSPS) is 23.1. The van der Waals surface area contributed by atoms with E-state index in [2.05, 4.69) is 13.8 Å². The Balaban J connectivity index is 2.13. The molecule has 66 valence electrons. The van der Waals surface area contributed by atoms with Crippen LogP contribution >= 0.6 is 0 Å². The first kappa shape index (κ1) is 8.03. The highest BCUT2D eigenvalue weighted by Crippen LogP contribution is 2.34. The fraction of sp³-hybridized carbons (Fsp3) is 0.727. The van der Waals surface area contributed by atoms with E-state index in [0.717, 1.165) is 0 Å². The maximum atomic E-state index is 4.71. The third kappa shape index (κ3) is 1.33.